The van der Waals surface area contributed by atoms with Crippen LogP contribution in [0.5, 0.6) is 0 Å². The molecule has 0 aromatic carbocycles. The molecule has 1 atom stereocenters. The number of likely N-dealkylation sites (tertiary alicyclic amines) is 1. The first kappa shape index (κ1) is 12.0. The van der Waals surface area contributed by atoms with E-state index in [2.05, 4.69) is 41.7 Å². The molecule has 1 aromatic heterocycles. The maximum Gasteiger partial charge on any atom is 0.0731 e. The second-order valence-electron chi connectivity index (χ2n) is 4.96. The predicted octanol–water partition coefficient (Wildman–Crippen LogP) is 2.13. The highest BCUT2D eigenvalue weighted by Gasteiger charge is 2.37. The maximum absolute atomic E-state index is 5.75. The lowest BCUT2D eigenvalue weighted by Crippen LogP contribution is -2.52. The Morgan fingerprint density at radius 3 is 2.62 bits per heavy atom. The molecule has 1 fully saturated rings. The Hall–Kier alpha value is -0.420. The van der Waals surface area contributed by atoms with Crippen LogP contribution in [0.25, 0.3) is 0 Å². The lowest BCUT2D eigenvalue weighted by Gasteiger charge is -2.41. The third kappa shape index (κ3) is 2.15. The van der Waals surface area contributed by atoms with Crippen LogP contribution in [0.3, 0.4) is 0 Å². The number of hydrogen-bond acceptors (Lipinski definition) is 4. The molecule has 0 saturated carbocycles. The molecule has 0 bridgehead atoms. The molecule has 3 nitrogen and oxygen atoms in total. The average molecular weight is 239 g/mol. The van der Waals surface area contributed by atoms with Gasteiger partial charge in [-0.1, -0.05) is 6.07 Å². The molecular formula is C12H21N3S. The zero-order valence-corrected chi connectivity index (χ0v) is 10.9. The molecule has 3 N–H and O–H groups in total. The van der Waals surface area contributed by atoms with Gasteiger partial charge in [0.05, 0.1) is 6.04 Å². The molecule has 1 unspecified atom stereocenters. The molecular weight excluding hydrogens is 218 g/mol. The first-order valence-corrected chi connectivity index (χ1v) is 6.79. The molecule has 0 amide bonds. The molecule has 1 saturated heterocycles. The number of rotatable bonds is 4. The van der Waals surface area contributed by atoms with Gasteiger partial charge in [-0.2, -0.15) is 0 Å². The zero-order valence-electron chi connectivity index (χ0n) is 10.1. The van der Waals surface area contributed by atoms with Gasteiger partial charge in [0.2, 0.25) is 0 Å². The van der Waals surface area contributed by atoms with Crippen LogP contribution in [0.2, 0.25) is 0 Å². The Labute approximate surface area is 102 Å². The molecule has 0 aliphatic carbocycles. The average Bonchev–Trinajstić information content (AvgIpc) is 2.91. The second kappa shape index (κ2) is 4.84. The lowest BCUT2D eigenvalue weighted by atomic mass is 9.92. The van der Waals surface area contributed by atoms with E-state index in [0.29, 0.717) is 0 Å². The number of nitrogens with two attached hydrogens (primary N) is 1. The summed E-state index contributed by atoms with van der Waals surface area (Å²) in [7, 11) is 0. The minimum atomic E-state index is 0.0795. The molecule has 2 heterocycles. The third-order valence-electron chi connectivity index (χ3n) is 3.62. The predicted molar refractivity (Wildman–Crippen MR) is 69.3 cm³/mol. The highest BCUT2D eigenvalue weighted by Crippen LogP contribution is 2.34. The van der Waals surface area contributed by atoms with Crippen LogP contribution in [0.1, 0.15) is 37.6 Å². The SMILES string of the molecule is CC(C)(C(NN)c1cccs1)N1CCCC1. The van der Waals surface area contributed by atoms with Gasteiger partial charge in [-0.3, -0.25) is 16.2 Å². The summed E-state index contributed by atoms with van der Waals surface area (Å²) in [5.74, 6) is 5.75. The summed E-state index contributed by atoms with van der Waals surface area (Å²) in [6, 6.07) is 4.46. The van der Waals surface area contributed by atoms with Crippen molar-refractivity contribution in [3.63, 3.8) is 0 Å². The van der Waals surface area contributed by atoms with E-state index < -0.39 is 0 Å². The molecule has 1 aliphatic heterocycles. The van der Waals surface area contributed by atoms with Crippen molar-refractivity contribution in [1.29, 1.82) is 0 Å². The van der Waals surface area contributed by atoms with Crippen molar-refractivity contribution >= 4 is 11.3 Å². The van der Waals surface area contributed by atoms with E-state index in [0.717, 1.165) is 0 Å². The van der Waals surface area contributed by atoms with Crippen LogP contribution in [-0.2, 0) is 0 Å². The summed E-state index contributed by atoms with van der Waals surface area (Å²) in [5.41, 5.74) is 3.07. The fraction of sp³-hybridized carbons (Fsp3) is 0.667. The summed E-state index contributed by atoms with van der Waals surface area (Å²) >= 11 is 1.77. The topological polar surface area (TPSA) is 41.3 Å². The van der Waals surface area contributed by atoms with Crippen molar-refractivity contribution in [2.45, 2.75) is 38.3 Å². The second-order valence-corrected chi connectivity index (χ2v) is 5.94. The number of hydrogen-bond donors (Lipinski definition) is 2. The highest BCUT2D eigenvalue weighted by atomic mass is 32.1. The van der Waals surface area contributed by atoms with Gasteiger partial charge in [-0.05, 0) is 51.2 Å². The van der Waals surface area contributed by atoms with Crippen molar-refractivity contribution in [2.75, 3.05) is 13.1 Å². The monoisotopic (exact) mass is 239 g/mol. The summed E-state index contributed by atoms with van der Waals surface area (Å²) < 4.78 is 0. The van der Waals surface area contributed by atoms with E-state index in [1.807, 2.05) is 0 Å². The van der Waals surface area contributed by atoms with Crippen LogP contribution in [0, 0.1) is 0 Å². The van der Waals surface area contributed by atoms with Crippen LogP contribution in [-0.4, -0.2) is 23.5 Å². The first-order chi connectivity index (χ1) is 7.66. The molecule has 0 radical (unpaired) electrons. The van der Waals surface area contributed by atoms with Gasteiger partial charge in [0, 0.05) is 10.4 Å². The van der Waals surface area contributed by atoms with Gasteiger partial charge < -0.3 is 0 Å². The Kier molecular flexibility index (Phi) is 3.64. The number of nitrogens with one attached hydrogen (secondary N) is 1. The maximum atomic E-state index is 5.75. The molecule has 4 heteroatoms. The summed E-state index contributed by atoms with van der Waals surface area (Å²) in [6.07, 6.45) is 2.62. The van der Waals surface area contributed by atoms with E-state index in [9.17, 15) is 0 Å². The zero-order chi connectivity index (χ0) is 11.6. The Balaban J connectivity index is 2.19. The van der Waals surface area contributed by atoms with E-state index in [1.165, 1.54) is 30.8 Å². The van der Waals surface area contributed by atoms with Crippen LogP contribution in [0.15, 0.2) is 17.5 Å². The van der Waals surface area contributed by atoms with Crippen LogP contribution in [0.4, 0.5) is 0 Å². The van der Waals surface area contributed by atoms with Crippen molar-refractivity contribution in [3.05, 3.63) is 22.4 Å². The summed E-state index contributed by atoms with van der Waals surface area (Å²) in [6.45, 7) is 6.94. The van der Waals surface area contributed by atoms with Crippen LogP contribution >= 0.6 is 11.3 Å². The van der Waals surface area contributed by atoms with Crippen molar-refractivity contribution in [1.82, 2.24) is 10.3 Å². The van der Waals surface area contributed by atoms with E-state index >= 15 is 0 Å². The largest absolute Gasteiger partial charge is 0.296 e. The van der Waals surface area contributed by atoms with Crippen molar-refractivity contribution in [2.24, 2.45) is 5.84 Å². The molecule has 90 valence electrons. The van der Waals surface area contributed by atoms with Gasteiger partial charge in [0.1, 0.15) is 0 Å². The Morgan fingerprint density at radius 2 is 2.12 bits per heavy atom. The fourth-order valence-corrected chi connectivity index (χ4v) is 3.53. The quantitative estimate of drug-likeness (QED) is 0.625. The molecule has 1 aliphatic rings. The van der Waals surface area contributed by atoms with Crippen LogP contribution < -0.4 is 11.3 Å². The standard InChI is InChI=1S/C12H21N3S/c1-12(2,15-7-3-4-8-15)11(14-13)10-6-5-9-16-10/h5-6,9,11,14H,3-4,7-8,13H2,1-2H3. The summed E-state index contributed by atoms with van der Waals surface area (Å²) in [4.78, 5) is 3.86. The molecule has 0 spiro atoms. The Morgan fingerprint density at radius 1 is 1.44 bits per heavy atom. The van der Waals surface area contributed by atoms with Crippen molar-refractivity contribution < 1.29 is 0 Å². The highest BCUT2D eigenvalue weighted by molar-refractivity contribution is 7.10. The first-order valence-electron chi connectivity index (χ1n) is 5.91. The van der Waals surface area contributed by atoms with Gasteiger partial charge in [0.15, 0.2) is 0 Å². The third-order valence-corrected chi connectivity index (χ3v) is 4.56. The number of nitrogens with zero attached hydrogens (tertiary/aromatic N) is 1. The van der Waals surface area contributed by atoms with Crippen molar-refractivity contribution in [3.8, 4) is 0 Å². The minimum Gasteiger partial charge on any atom is -0.296 e. The minimum absolute atomic E-state index is 0.0795. The molecule has 16 heavy (non-hydrogen) atoms. The lowest BCUT2D eigenvalue weighted by molar-refractivity contribution is 0.108. The van der Waals surface area contributed by atoms with Gasteiger partial charge >= 0.3 is 0 Å². The Bertz CT molecular complexity index is 315. The number of hydrazine groups is 1. The number of thiophene rings is 1. The van der Waals surface area contributed by atoms with E-state index in [1.54, 1.807) is 11.3 Å². The molecule has 1 aromatic rings. The van der Waals surface area contributed by atoms with Gasteiger partial charge in [-0.15, -0.1) is 11.3 Å². The van der Waals surface area contributed by atoms with Gasteiger partial charge in [-0.25, -0.2) is 0 Å². The van der Waals surface area contributed by atoms with E-state index in [4.69, 9.17) is 5.84 Å². The van der Waals surface area contributed by atoms with E-state index in [-0.39, 0.29) is 11.6 Å². The van der Waals surface area contributed by atoms with Gasteiger partial charge in [0.25, 0.3) is 0 Å². The fourth-order valence-electron chi connectivity index (χ4n) is 2.57. The summed E-state index contributed by atoms with van der Waals surface area (Å²) in [5, 5.41) is 2.11. The smallest absolute Gasteiger partial charge is 0.0731 e. The molecule has 2 rings (SSSR count). The normalized spacial score (nSPS) is 20.2.